The van der Waals surface area contributed by atoms with Gasteiger partial charge in [-0.15, -0.1) is 0 Å². The predicted octanol–water partition coefficient (Wildman–Crippen LogP) is 6.06. The molecule has 1 aliphatic carbocycles. The standard InChI is InChI=1S/C22H20Cl2N2O4/c1-3-13-19(25-17-7-5-11(27)9-15(17)23)21(29)14(4-2)22(30)20(13)26-18-8-6-12(28)10-16(18)24/h5-10,25,27-28,30H,3-4H2,1-2H3/b26-20+. The van der Waals surface area contributed by atoms with Gasteiger partial charge >= 0.3 is 0 Å². The molecule has 2 aromatic rings. The number of aliphatic hydroxyl groups excluding tert-OH is 1. The van der Waals surface area contributed by atoms with Crippen LogP contribution < -0.4 is 5.32 Å². The normalized spacial score (nSPS) is 15.9. The van der Waals surface area contributed by atoms with Crippen LogP contribution in [-0.2, 0) is 4.79 Å². The van der Waals surface area contributed by atoms with Crippen LogP contribution in [0.1, 0.15) is 26.7 Å². The number of rotatable bonds is 5. The average Bonchev–Trinajstić information content (AvgIpc) is 2.69. The van der Waals surface area contributed by atoms with Crippen LogP contribution in [-0.4, -0.2) is 26.8 Å². The largest absolute Gasteiger partial charge is 0.508 e. The molecule has 4 N–H and O–H groups in total. The number of aliphatic hydroxyl groups is 1. The van der Waals surface area contributed by atoms with Crippen LogP contribution in [0.15, 0.2) is 64.0 Å². The van der Waals surface area contributed by atoms with Gasteiger partial charge < -0.3 is 20.6 Å². The number of hydrogen-bond donors (Lipinski definition) is 4. The first kappa shape index (κ1) is 21.7. The highest BCUT2D eigenvalue weighted by Gasteiger charge is 2.32. The number of carbonyl (C=O) groups excluding carboxylic acids is 1. The average molecular weight is 447 g/mol. The number of aliphatic imine (C=N–C) groups is 1. The lowest BCUT2D eigenvalue weighted by Gasteiger charge is -2.24. The molecule has 0 aromatic heterocycles. The Bertz CT molecular complexity index is 1120. The van der Waals surface area contributed by atoms with Crippen molar-refractivity contribution in [1.29, 1.82) is 0 Å². The highest BCUT2D eigenvalue weighted by Crippen LogP contribution is 2.35. The van der Waals surface area contributed by atoms with Crippen LogP contribution in [0.3, 0.4) is 0 Å². The number of allylic oxidation sites excluding steroid dienone is 2. The van der Waals surface area contributed by atoms with E-state index in [0.717, 1.165) is 0 Å². The molecular weight excluding hydrogens is 427 g/mol. The number of phenols is 2. The summed E-state index contributed by atoms with van der Waals surface area (Å²) in [5.74, 6) is -0.564. The Labute approximate surface area is 183 Å². The SMILES string of the molecule is CCC1=C(O)/C(=N/c2ccc(O)cc2Cl)C(CC)=C(Nc2ccc(O)cc2Cl)C1=O. The molecule has 0 atom stereocenters. The van der Waals surface area contributed by atoms with E-state index in [9.17, 15) is 20.1 Å². The van der Waals surface area contributed by atoms with Gasteiger partial charge in [0.05, 0.1) is 27.1 Å². The molecule has 0 fully saturated rings. The summed E-state index contributed by atoms with van der Waals surface area (Å²) in [6.07, 6.45) is 0.678. The molecule has 0 aliphatic heterocycles. The molecule has 0 bridgehead atoms. The maximum absolute atomic E-state index is 13.1. The second-order valence-electron chi connectivity index (χ2n) is 6.60. The summed E-state index contributed by atoms with van der Waals surface area (Å²) in [6.45, 7) is 3.59. The van der Waals surface area contributed by atoms with Crippen molar-refractivity contribution in [2.75, 3.05) is 5.32 Å². The van der Waals surface area contributed by atoms with Crippen molar-refractivity contribution in [2.24, 2.45) is 4.99 Å². The van der Waals surface area contributed by atoms with Gasteiger partial charge in [0.25, 0.3) is 0 Å². The van der Waals surface area contributed by atoms with E-state index in [1.807, 2.05) is 6.92 Å². The number of nitrogens with zero attached hydrogens (tertiary/aromatic N) is 1. The fourth-order valence-electron chi connectivity index (χ4n) is 3.17. The number of phenolic OH excluding ortho intramolecular Hbond substituents is 2. The summed E-state index contributed by atoms with van der Waals surface area (Å²) in [6, 6.07) is 8.68. The molecule has 0 amide bonds. The molecule has 156 valence electrons. The van der Waals surface area contributed by atoms with E-state index in [2.05, 4.69) is 10.3 Å². The van der Waals surface area contributed by atoms with Gasteiger partial charge in [-0.2, -0.15) is 0 Å². The molecule has 0 saturated heterocycles. The quantitative estimate of drug-likeness (QED) is 0.330. The fraction of sp³-hybridized carbons (Fsp3) is 0.182. The monoisotopic (exact) mass is 446 g/mol. The Balaban J connectivity index is 2.19. The summed E-state index contributed by atoms with van der Waals surface area (Å²) < 4.78 is 0. The number of carbonyl (C=O) groups is 1. The molecule has 2 aromatic carbocycles. The van der Waals surface area contributed by atoms with Crippen LogP contribution in [0, 0.1) is 0 Å². The highest BCUT2D eigenvalue weighted by atomic mass is 35.5. The van der Waals surface area contributed by atoms with Crippen LogP contribution in [0.5, 0.6) is 11.5 Å². The Hall–Kier alpha value is -2.96. The van der Waals surface area contributed by atoms with Crippen molar-refractivity contribution in [2.45, 2.75) is 26.7 Å². The van der Waals surface area contributed by atoms with E-state index in [1.165, 1.54) is 30.3 Å². The number of aromatic hydroxyl groups is 2. The predicted molar refractivity (Wildman–Crippen MR) is 119 cm³/mol. The van der Waals surface area contributed by atoms with Gasteiger partial charge in [-0.1, -0.05) is 37.0 Å². The van der Waals surface area contributed by atoms with Crippen molar-refractivity contribution >= 4 is 46.1 Å². The topological polar surface area (TPSA) is 102 Å². The summed E-state index contributed by atoms with van der Waals surface area (Å²) >= 11 is 12.4. The first-order chi connectivity index (χ1) is 14.3. The van der Waals surface area contributed by atoms with Crippen molar-refractivity contribution in [3.8, 4) is 11.5 Å². The number of ketones is 1. The van der Waals surface area contributed by atoms with Crippen LogP contribution in [0.4, 0.5) is 11.4 Å². The molecule has 0 unspecified atom stereocenters. The number of nitrogens with one attached hydrogen (secondary N) is 1. The van der Waals surface area contributed by atoms with Crippen molar-refractivity contribution in [3.05, 3.63) is 69.0 Å². The van der Waals surface area contributed by atoms with E-state index in [1.54, 1.807) is 13.0 Å². The van der Waals surface area contributed by atoms with Crippen molar-refractivity contribution in [3.63, 3.8) is 0 Å². The third-order valence-electron chi connectivity index (χ3n) is 4.68. The third kappa shape index (κ3) is 4.15. The summed E-state index contributed by atoms with van der Waals surface area (Å²) in [7, 11) is 0. The Morgan fingerprint density at radius 2 is 1.50 bits per heavy atom. The second kappa shape index (κ2) is 8.81. The van der Waals surface area contributed by atoms with E-state index in [4.69, 9.17) is 23.2 Å². The highest BCUT2D eigenvalue weighted by molar-refractivity contribution is 6.35. The Morgan fingerprint density at radius 1 is 0.900 bits per heavy atom. The number of hydrogen-bond acceptors (Lipinski definition) is 6. The maximum Gasteiger partial charge on any atom is 0.209 e. The van der Waals surface area contributed by atoms with E-state index in [-0.39, 0.29) is 50.1 Å². The molecule has 0 spiro atoms. The van der Waals surface area contributed by atoms with Gasteiger partial charge in [0.15, 0.2) is 0 Å². The van der Waals surface area contributed by atoms with Crippen molar-refractivity contribution in [1.82, 2.24) is 0 Å². The maximum atomic E-state index is 13.1. The summed E-state index contributed by atoms with van der Waals surface area (Å²) in [5, 5.41) is 33.4. The molecule has 0 radical (unpaired) electrons. The molecule has 8 heteroatoms. The smallest absolute Gasteiger partial charge is 0.209 e. The van der Waals surface area contributed by atoms with Gasteiger partial charge in [0, 0.05) is 23.3 Å². The molecular formula is C22H20Cl2N2O4. The molecule has 6 nitrogen and oxygen atoms in total. The lowest BCUT2D eigenvalue weighted by atomic mass is 9.88. The zero-order valence-electron chi connectivity index (χ0n) is 16.3. The fourth-order valence-corrected chi connectivity index (χ4v) is 3.61. The first-order valence-corrected chi connectivity index (χ1v) is 10.1. The molecule has 0 saturated carbocycles. The second-order valence-corrected chi connectivity index (χ2v) is 7.42. The van der Waals surface area contributed by atoms with Crippen molar-refractivity contribution < 1.29 is 20.1 Å². The number of halogens is 2. The number of anilines is 1. The third-order valence-corrected chi connectivity index (χ3v) is 5.30. The first-order valence-electron chi connectivity index (χ1n) is 9.30. The Morgan fingerprint density at radius 3 is 2.07 bits per heavy atom. The number of benzene rings is 2. The zero-order chi connectivity index (χ0) is 22.0. The van der Waals surface area contributed by atoms with Crippen LogP contribution >= 0.6 is 23.2 Å². The van der Waals surface area contributed by atoms with Gasteiger partial charge in [0.2, 0.25) is 5.78 Å². The minimum Gasteiger partial charge on any atom is -0.508 e. The summed E-state index contributed by atoms with van der Waals surface area (Å²) in [4.78, 5) is 17.6. The minimum atomic E-state index is -0.355. The van der Waals surface area contributed by atoms with Crippen LogP contribution in [0.2, 0.25) is 10.0 Å². The van der Waals surface area contributed by atoms with E-state index < -0.39 is 0 Å². The van der Waals surface area contributed by atoms with Gasteiger partial charge in [-0.3, -0.25) is 4.79 Å². The van der Waals surface area contributed by atoms with Gasteiger partial charge in [0.1, 0.15) is 23.0 Å². The van der Waals surface area contributed by atoms with Gasteiger partial charge in [-0.25, -0.2) is 4.99 Å². The zero-order valence-corrected chi connectivity index (χ0v) is 17.8. The van der Waals surface area contributed by atoms with Crippen LogP contribution in [0.25, 0.3) is 0 Å². The summed E-state index contributed by atoms with van der Waals surface area (Å²) in [5.41, 5.74) is 1.94. The van der Waals surface area contributed by atoms with E-state index in [0.29, 0.717) is 29.8 Å². The van der Waals surface area contributed by atoms with E-state index >= 15 is 0 Å². The molecule has 30 heavy (non-hydrogen) atoms. The molecule has 1 aliphatic rings. The lowest BCUT2D eigenvalue weighted by molar-refractivity contribution is -0.112. The molecule has 0 heterocycles. The lowest BCUT2D eigenvalue weighted by Crippen LogP contribution is -2.27. The molecule has 3 rings (SSSR count). The number of Topliss-reactive ketones (excluding diaryl/α,β-unsaturated/α-hetero) is 1. The minimum absolute atomic E-state index is 0.00114. The van der Waals surface area contributed by atoms with Gasteiger partial charge in [-0.05, 0) is 37.1 Å². The Kier molecular flexibility index (Phi) is 6.39.